The fraction of sp³-hybridized carbons (Fsp3) is 0.787. The number of hydrogen-bond donors (Lipinski definition) is 2. The van der Waals surface area contributed by atoms with E-state index in [0.29, 0.717) is 12.8 Å². The quantitative estimate of drug-likeness (QED) is 0.0122. The van der Waals surface area contributed by atoms with E-state index in [-0.39, 0.29) is 19.4 Å². The van der Waals surface area contributed by atoms with Crippen LogP contribution in [0.15, 0.2) is 0 Å². The van der Waals surface area contributed by atoms with Crippen LogP contribution in [0.3, 0.4) is 0 Å². The van der Waals surface area contributed by atoms with Gasteiger partial charge in [-0.25, -0.2) is 17.7 Å². The van der Waals surface area contributed by atoms with Gasteiger partial charge in [-0.1, -0.05) is 168 Å². The Labute approximate surface area is 383 Å². The highest BCUT2D eigenvalue weighted by molar-refractivity contribution is 7.47. The SMILES string of the molecule is CCCCCCCCCCCCCCCC(=O)OC[C@H](COP(=O)(O)OCCNC(=O)CCC(=O)Oc1c(F)c(F)c(F)c(F)c1F)OC(=O)CCCCCCCCCCCCCCC. The lowest BCUT2D eigenvalue weighted by molar-refractivity contribution is -0.161. The number of benzene rings is 1. The molecule has 1 aromatic rings. The molecule has 2 N–H and O–H groups in total. The first-order chi connectivity index (χ1) is 31.2. The van der Waals surface area contributed by atoms with E-state index in [0.717, 1.165) is 44.9 Å². The van der Waals surface area contributed by atoms with Gasteiger partial charge in [-0.2, -0.15) is 8.78 Å². The van der Waals surface area contributed by atoms with Gasteiger partial charge in [0.15, 0.2) is 6.10 Å². The summed E-state index contributed by atoms with van der Waals surface area (Å²) >= 11 is 0. The van der Waals surface area contributed by atoms with E-state index < -0.39 is 105 Å². The molecular weight excluding hydrogens is 880 g/mol. The van der Waals surface area contributed by atoms with E-state index in [1.807, 2.05) is 0 Å². The number of rotatable bonds is 42. The summed E-state index contributed by atoms with van der Waals surface area (Å²) in [5.74, 6) is -17.0. The van der Waals surface area contributed by atoms with Crippen LogP contribution in [0.4, 0.5) is 22.0 Å². The first kappa shape index (κ1) is 59.9. The van der Waals surface area contributed by atoms with Crippen molar-refractivity contribution < 1.29 is 73.8 Å². The molecule has 0 radical (unpaired) electrons. The van der Waals surface area contributed by atoms with Gasteiger partial charge in [0.05, 0.1) is 19.6 Å². The van der Waals surface area contributed by atoms with Crippen LogP contribution < -0.4 is 10.1 Å². The van der Waals surface area contributed by atoms with Gasteiger partial charge in [-0.15, -0.1) is 0 Å². The van der Waals surface area contributed by atoms with Crippen LogP contribution >= 0.6 is 7.82 Å². The largest absolute Gasteiger partial charge is 0.472 e. The van der Waals surface area contributed by atoms with E-state index in [2.05, 4.69) is 23.9 Å². The third-order valence-electron chi connectivity index (χ3n) is 10.7. The van der Waals surface area contributed by atoms with Crippen LogP contribution in [0, 0.1) is 29.1 Å². The number of nitrogens with one attached hydrogen (secondary N) is 1. The molecule has 1 amide bonds. The first-order valence-electron chi connectivity index (χ1n) is 24.2. The zero-order chi connectivity index (χ0) is 48.1. The Morgan fingerprint density at radius 3 is 1.35 bits per heavy atom. The van der Waals surface area contributed by atoms with Crippen molar-refractivity contribution in [3.63, 3.8) is 0 Å². The number of ether oxygens (including phenoxy) is 3. The molecule has 65 heavy (non-hydrogen) atoms. The molecule has 0 aliphatic heterocycles. The standard InChI is InChI=1S/C47H77F5NO11P/c1-3-5-7-9-11-13-15-17-19-21-23-25-27-29-39(55)60-35-37(63-40(56)30-28-26-24-22-20-18-16-14-12-10-8-6-4-2)36-62-65(58,59)61-34-33-53-38(54)31-32-41(57)64-47-45(51)43(49)42(48)44(50)46(47)52/h37H,3-36H2,1-2H3,(H,53,54)(H,58,59)/t37-/m1/s1. The molecule has 2 atom stereocenters. The predicted molar refractivity (Wildman–Crippen MR) is 237 cm³/mol. The predicted octanol–water partition coefficient (Wildman–Crippen LogP) is 12.7. The van der Waals surface area contributed by atoms with Crippen molar-refractivity contribution in [1.29, 1.82) is 0 Å². The number of unbranched alkanes of at least 4 members (excludes halogenated alkanes) is 24. The molecule has 1 rings (SSSR count). The number of phosphoric acid groups is 1. The molecule has 18 heteroatoms. The van der Waals surface area contributed by atoms with Crippen LogP contribution in [0.2, 0.25) is 0 Å². The lowest BCUT2D eigenvalue weighted by atomic mass is 10.0. The van der Waals surface area contributed by atoms with Gasteiger partial charge in [0.2, 0.25) is 40.7 Å². The summed E-state index contributed by atoms with van der Waals surface area (Å²) in [7, 11) is -4.80. The van der Waals surface area contributed by atoms with Crippen LogP contribution in [0.1, 0.15) is 206 Å². The molecule has 0 aromatic heterocycles. The molecule has 0 spiro atoms. The van der Waals surface area contributed by atoms with Crippen molar-refractivity contribution >= 4 is 31.6 Å². The molecule has 12 nitrogen and oxygen atoms in total. The molecule has 1 unspecified atom stereocenters. The molecule has 0 saturated heterocycles. The molecule has 0 aliphatic carbocycles. The Morgan fingerprint density at radius 2 is 0.908 bits per heavy atom. The zero-order valence-corrected chi connectivity index (χ0v) is 39.9. The van der Waals surface area contributed by atoms with Crippen molar-refractivity contribution in [1.82, 2.24) is 5.32 Å². The smallest absolute Gasteiger partial charge is 0.462 e. The van der Waals surface area contributed by atoms with E-state index in [1.165, 1.54) is 109 Å². The topological polar surface area (TPSA) is 164 Å². The summed E-state index contributed by atoms with van der Waals surface area (Å²) < 4.78 is 105. The molecule has 376 valence electrons. The van der Waals surface area contributed by atoms with E-state index in [4.69, 9.17) is 18.5 Å². The number of esters is 3. The lowest BCUT2D eigenvalue weighted by Gasteiger charge is -2.20. The number of phosphoric ester groups is 1. The number of amides is 1. The fourth-order valence-electron chi connectivity index (χ4n) is 6.90. The highest BCUT2D eigenvalue weighted by Gasteiger charge is 2.29. The van der Waals surface area contributed by atoms with Gasteiger partial charge in [0, 0.05) is 25.8 Å². The maximum atomic E-state index is 13.8. The number of carbonyl (C=O) groups is 4. The zero-order valence-electron chi connectivity index (χ0n) is 39.0. The molecule has 0 bridgehead atoms. The molecule has 0 aliphatic rings. The Bertz CT molecular complexity index is 1510. The molecule has 0 fully saturated rings. The van der Waals surface area contributed by atoms with Crippen molar-refractivity contribution in [2.75, 3.05) is 26.4 Å². The van der Waals surface area contributed by atoms with Gasteiger partial charge in [0.1, 0.15) is 6.61 Å². The Kier molecular flexibility index (Phi) is 34.9. The Hall–Kier alpha value is -3.14. The molecular formula is C47H77F5NO11P. The normalized spacial score (nSPS) is 12.7. The highest BCUT2D eigenvalue weighted by Crippen LogP contribution is 2.43. The van der Waals surface area contributed by atoms with Gasteiger partial charge < -0.3 is 24.4 Å². The molecule has 1 aromatic carbocycles. The maximum Gasteiger partial charge on any atom is 0.472 e. The average molecular weight is 958 g/mol. The number of carbonyl (C=O) groups excluding carboxylic acids is 4. The maximum absolute atomic E-state index is 13.8. The summed E-state index contributed by atoms with van der Waals surface area (Å²) in [4.78, 5) is 59.5. The average Bonchev–Trinajstić information content (AvgIpc) is 3.28. The highest BCUT2D eigenvalue weighted by atomic mass is 31.2. The minimum Gasteiger partial charge on any atom is -0.462 e. The van der Waals surface area contributed by atoms with Gasteiger partial charge >= 0.3 is 25.7 Å². The summed E-state index contributed by atoms with van der Waals surface area (Å²) in [6.07, 6.45) is 27.4. The van der Waals surface area contributed by atoms with Gasteiger partial charge in [-0.3, -0.25) is 28.2 Å². The lowest BCUT2D eigenvalue weighted by Crippen LogP contribution is -2.30. The summed E-state index contributed by atoms with van der Waals surface area (Å²) in [6, 6.07) is 0. The second-order valence-electron chi connectivity index (χ2n) is 16.6. The van der Waals surface area contributed by atoms with Crippen molar-refractivity contribution in [3.05, 3.63) is 29.1 Å². The van der Waals surface area contributed by atoms with Crippen molar-refractivity contribution in [2.24, 2.45) is 0 Å². The number of halogens is 5. The van der Waals surface area contributed by atoms with E-state index in [1.54, 1.807) is 0 Å². The Balaban J connectivity index is 2.49. The molecule has 0 heterocycles. The minimum atomic E-state index is -4.80. The first-order valence-corrected chi connectivity index (χ1v) is 25.7. The van der Waals surface area contributed by atoms with E-state index in [9.17, 15) is 50.6 Å². The van der Waals surface area contributed by atoms with E-state index >= 15 is 0 Å². The second kappa shape index (κ2) is 37.9. The van der Waals surface area contributed by atoms with Gasteiger partial charge in [-0.05, 0) is 12.8 Å². The van der Waals surface area contributed by atoms with Gasteiger partial charge in [0.25, 0.3) is 0 Å². The number of hydrogen-bond acceptors (Lipinski definition) is 10. The second-order valence-corrected chi connectivity index (χ2v) is 18.1. The fourth-order valence-corrected chi connectivity index (χ4v) is 7.65. The summed E-state index contributed by atoms with van der Waals surface area (Å²) in [5, 5.41) is 2.24. The third-order valence-corrected chi connectivity index (χ3v) is 11.7. The third kappa shape index (κ3) is 30.7. The summed E-state index contributed by atoms with van der Waals surface area (Å²) in [5.41, 5.74) is 0. The van der Waals surface area contributed by atoms with Crippen LogP contribution in [0.5, 0.6) is 5.75 Å². The van der Waals surface area contributed by atoms with Crippen molar-refractivity contribution in [2.45, 2.75) is 213 Å². The van der Waals surface area contributed by atoms with Crippen LogP contribution in [-0.4, -0.2) is 61.2 Å². The monoisotopic (exact) mass is 958 g/mol. The summed E-state index contributed by atoms with van der Waals surface area (Å²) in [6.45, 7) is 2.41. The minimum absolute atomic E-state index is 0.100. The van der Waals surface area contributed by atoms with Crippen LogP contribution in [-0.2, 0) is 42.3 Å². The molecule has 0 saturated carbocycles. The Morgan fingerprint density at radius 1 is 0.508 bits per heavy atom. The van der Waals surface area contributed by atoms with Crippen LogP contribution in [0.25, 0.3) is 0 Å². The van der Waals surface area contributed by atoms with Crippen molar-refractivity contribution in [3.8, 4) is 5.75 Å².